The summed E-state index contributed by atoms with van der Waals surface area (Å²) < 4.78 is 34.8. The van der Waals surface area contributed by atoms with Crippen LogP contribution in [0.25, 0.3) is 0 Å². The molecule has 0 radical (unpaired) electrons. The van der Waals surface area contributed by atoms with Gasteiger partial charge < -0.3 is 14.6 Å². The Morgan fingerprint density at radius 3 is 2.11 bits per heavy atom. The molecule has 0 saturated heterocycles. The Kier molecular flexibility index (Phi) is 7.07. The average Bonchev–Trinajstić information content (AvgIpc) is 2.69. The average molecular weight is 407 g/mol. The van der Waals surface area contributed by atoms with Crippen LogP contribution in [-0.2, 0) is 21.1 Å². The number of unbranched alkanes of at least 4 members (excludes halogenated alkanes) is 1. The molecular formula is C21H26O6S. The molecule has 2 rings (SSSR count). The molecule has 2 aromatic rings. The first-order valence-corrected chi connectivity index (χ1v) is 10.6. The molecular weight excluding hydrogens is 380 g/mol. The summed E-state index contributed by atoms with van der Waals surface area (Å²) in [5, 5.41) is 9.76. The van der Waals surface area contributed by atoms with Crippen molar-refractivity contribution in [3.8, 4) is 11.5 Å². The van der Waals surface area contributed by atoms with E-state index in [0.29, 0.717) is 23.7 Å². The second kappa shape index (κ2) is 9.10. The largest absolute Gasteiger partial charge is 0.497 e. The second-order valence-electron chi connectivity index (χ2n) is 6.74. The second-order valence-corrected chi connectivity index (χ2v) is 9.12. The van der Waals surface area contributed by atoms with Crippen molar-refractivity contribution in [3.05, 3.63) is 54.1 Å². The van der Waals surface area contributed by atoms with Crippen molar-refractivity contribution >= 4 is 15.8 Å². The van der Waals surface area contributed by atoms with Crippen LogP contribution in [0.3, 0.4) is 0 Å². The van der Waals surface area contributed by atoms with E-state index in [4.69, 9.17) is 9.47 Å². The zero-order chi connectivity index (χ0) is 20.8. The van der Waals surface area contributed by atoms with Crippen molar-refractivity contribution in [1.82, 2.24) is 0 Å². The minimum absolute atomic E-state index is 0.0577. The number of benzene rings is 2. The van der Waals surface area contributed by atoms with Crippen LogP contribution in [0.4, 0.5) is 0 Å². The van der Waals surface area contributed by atoms with E-state index in [9.17, 15) is 18.3 Å². The number of rotatable bonds is 10. The smallest absolute Gasteiger partial charge is 0.325 e. The maximum Gasteiger partial charge on any atom is 0.325 e. The maximum absolute atomic E-state index is 13.1. The lowest BCUT2D eigenvalue weighted by molar-refractivity contribution is -0.139. The summed E-state index contributed by atoms with van der Waals surface area (Å²) in [6.07, 6.45) is 1.81. The van der Waals surface area contributed by atoms with Crippen LogP contribution in [0.2, 0.25) is 0 Å². The molecule has 28 heavy (non-hydrogen) atoms. The van der Waals surface area contributed by atoms with Crippen LogP contribution in [0, 0.1) is 0 Å². The van der Waals surface area contributed by atoms with Gasteiger partial charge in [-0.2, -0.15) is 0 Å². The number of carboxylic acids is 1. The fourth-order valence-corrected chi connectivity index (χ4v) is 4.33. The molecule has 0 bridgehead atoms. The van der Waals surface area contributed by atoms with Crippen molar-refractivity contribution < 1.29 is 27.8 Å². The highest BCUT2D eigenvalue weighted by molar-refractivity contribution is 7.93. The van der Waals surface area contributed by atoms with E-state index < -0.39 is 20.6 Å². The van der Waals surface area contributed by atoms with Crippen LogP contribution in [0.15, 0.2) is 53.4 Å². The van der Waals surface area contributed by atoms with E-state index in [-0.39, 0.29) is 11.3 Å². The van der Waals surface area contributed by atoms with Crippen LogP contribution in [0.5, 0.6) is 11.5 Å². The summed E-state index contributed by atoms with van der Waals surface area (Å²) in [7, 11) is -2.66. The molecule has 0 spiro atoms. The van der Waals surface area contributed by atoms with Gasteiger partial charge in [0, 0.05) is 6.42 Å². The standard InChI is InChI=1S/C21H26O6S/c1-4-5-14-27-18-8-6-16(7-9-18)15-21(2,20(22)23)28(24,25)19-12-10-17(26-3)11-13-19/h6-13H,4-5,14-15H2,1-3H3,(H,22,23). The van der Waals surface area contributed by atoms with Gasteiger partial charge in [-0.05, 0) is 55.3 Å². The highest BCUT2D eigenvalue weighted by Gasteiger charge is 2.47. The normalized spacial score (nSPS) is 13.5. The van der Waals surface area contributed by atoms with Crippen molar-refractivity contribution in [2.45, 2.75) is 42.8 Å². The molecule has 2 aromatic carbocycles. The van der Waals surface area contributed by atoms with E-state index >= 15 is 0 Å². The molecule has 152 valence electrons. The first kappa shape index (κ1) is 21.8. The number of hydrogen-bond acceptors (Lipinski definition) is 5. The van der Waals surface area contributed by atoms with Gasteiger partial charge in [0.2, 0.25) is 0 Å². The molecule has 0 aliphatic carbocycles. The molecule has 0 heterocycles. The summed E-state index contributed by atoms with van der Waals surface area (Å²) in [5.74, 6) is -0.228. The Morgan fingerprint density at radius 2 is 1.61 bits per heavy atom. The molecule has 0 aromatic heterocycles. The minimum Gasteiger partial charge on any atom is -0.497 e. The highest BCUT2D eigenvalue weighted by atomic mass is 32.2. The van der Waals surface area contributed by atoms with Gasteiger partial charge >= 0.3 is 5.97 Å². The summed E-state index contributed by atoms with van der Waals surface area (Å²) in [4.78, 5) is 11.9. The van der Waals surface area contributed by atoms with Gasteiger partial charge in [-0.1, -0.05) is 25.5 Å². The van der Waals surface area contributed by atoms with E-state index in [1.54, 1.807) is 24.3 Å². The van der Waals surface area contributed by atoms with Gasteiger partial charge in [-0.25, -0.2) is 8.42 Å². The van der Waals surface area contributed by atoms with Crippen molar-refractivity contribution in [3.63, 3.8) is 0 Å². The van der Waals surface area contributed by atoms with Crippen LogP contribution >= 0.6 is 0 Å². The lowest BCUT2D eigenvalue weighted by atomic mass is 10.0. The molecule has 1 unspecified atom stereocenters. The van der Waals surface area contributed by atoms with Gasteiger partial charge in [-0.3, -0.25) is 4.79 Å². The van der Waals surface area contributed by atoms with Crippen molar-refractivity contribution in [2.75, 3.05) is 13.7 Å². The van der Waals surface area contributed by atoms with Crippen LogP contribution in [0.1, 0.15) is 32.3 Å². The van der Waals surface area contributed by atoms with Crippen LogP contribution < -0.4 is 9.47 Å². The third-order valence-corrected chi connectivity index (χ3v) is 7.04. The van der Waals surface area contributed by atoms with Gasteiger partial charge in [0.05, 0.1) is 18.6 Å². The molecule has 0 amide bonds. The van der Waals surface area contributed by atoms with Crippen molar-refractivity contribution in [2.24, 2.45) is 0 Å². The van der Waals surface area contributed by atoms with Gasteiger partial charge in [0.15, 0.2) is 14.6 Å². The predicted molar refractivity (Wildman–Crippen MR) is 107 cm³/mol. The topological polar surface area (TPSA) is 89.9 Å². The van der Waals surface area contributed by atoms with E-state index in [1.165, 1.54) is 38.3 Å². The Hall–Kier alpha value is -2.54. The third-order valence-electron chi connectivity index (χ3n) is 4.65. The predicted octanol–water partition coefficient (Wildman–Crippen LogP) is 3.73. The SMILES string of the molecule is CCCCOc1ccc(CC(C)(C(=O)O)S(=O)(=O)c2ccc(OC)cc2)cc1. The number of ether oxygens (including phenoxy) is 2. The monoisotopic (exact) mass is 406 g/mol. The Labute approximate surface area is 166 Å². The highest BCUT2D eigenvalue weighted by Crippen LogP contribution is 2.31. The molecule has 1 atom stereocenters. The lowest BCUT2D eigenvalue weighted by Crippen LogP contribution is -2.45. The van der Waals surface area contributed by atoms with E-state index in [1.807, 2.05) is 0 Å². The van der Waals surface area contributed by atoms with Crippen LogP contribution in [-0.4, -0.2) is 38.0 Å². The summed E-state index contributed by atoms with van der Waals surface area (Å²) in [6, 6.07) is 12.6. The number of carboxylic acid groups (broad SMARTS) is 1. The molecule has 7 heteroatoms. The maximum atomic E-state index is 13.1. The quantitative estimate of drug-likeness (QED) is 0.605. The van der Waals surface area contributed by atoms with Gasteiger partial charge in [0.1, 0.15) is 11.5 Å². The van der Waals surface area contributed by atoms with Crippen molar-refractivity contribution in [1.29, 1.82) is 0 Å². The lowest BCUT2D eigenvalue weighted by Gasteiger charge is -2.25. The fraction of sp³-hybridized carbons (Fsp3) is 0.381. The zero-order valence-electron chi connectivity index (χ0n) is 16.3. The Balaban J connectivity index is 2.28. The molecule has 0 saturated carbocycles. The minimum atomic E-state index is -4.14. The third kappa shape index (κ3) is 4.65. The zero-order valence-corrected chi connectivity index (χ0v) is 17.2. The van der Waals surface area contributed by atoms with Gasteiger partial charge in [-0.15, -0.1) is 0 Å². The summed E-state index contributed by atoms with van der Waals surface area (Å²) in [5.41, 5.74) is 0.602. The number of hydrogen-bond donors (Lipinski definition) is 1. The van der Waals surface area contributed by atoms with Gasteiger partial charge in [0.25, 0.3) is 0 Å². The Bertz CT molecular complexity index is 887. The number of methoxy groups -OCH3 is 1. The molecule has 1 N–H and O–H groups in total. The molecule has 0 fully saturated rings. The molecule has 0 aliphatic heterocycles. The molecule has 6 nitrogen and oxygen atoms in total. The number of aliphatic carboxylic acids is 1. The first-order chi connectivity index (χ1) is 13.2. The van der Waals surface area contributed by atoms with E-state index in [2.05, 4.69) is 6.92 Å². The fourth-order valence-electron chi connectivity index (χ4n) is 2.73. The number of sulfone groups is 1. The Morgan fingerprint density at radius 1 is 1.04 bits per heavy atom. The molecule has 0 aliphatic rings. The summed E-state index contributed by atoms with van der Waals surface area (Å²) >= 11 is 0. The first-order valence-electron chi connectivity index (χ1n) is 9.08. The summed E-state index contributed by atoms with van der Waals surface area (Å²) in [6.45, 7) is 3.91. The number of carbonyl (C=O) groups is 1. The van der Waals surface area contributed by atoms with E-state index in [0.717, 1.165) is 12.8 Å².